The van der Waals surface area contributed by atoms with Crippen molar-refractivity contribution in [2.45, 2.75) is 75.4 Å². The van der Waals surface area contributed by atoms with E-state index in [1.165, 1.54) is 55.4 Å². The van der Waals surface area contributed by atoms with E-state index in [2.05, 4.69) is 20.8 Å². The number of amides is 2. The number of rotatable bonds is 17. The van der Waals surface area contributed by atoms with E-state index in [-0.39, 0.29) is 41.7 Å². The topological polar surface area (TPSA) is 207 Å². The number of carbonyl (C=O) groups is 4. The fraction of sp³-hybridized carbons (Fsp3) is 0.250. The second kappa shape index (κ2) is 21.5. The minimum absolute atomic E-state index is 0.0226. The third-order valence-corrected chi connectivity index (χ3v) is 16.0. The maximum atomic E-state index is 15.1. The first-order valence-corrected chi connectivity index (χ1v) is 27.2. The number of hydrogen-bond acceptors (Lipinski definition) is 15. The minimum Gasteiger partial charge on any atom is -0.504 e. The molecule has 2 aromatic heterocycles. The van der Waals surface area contributed by atoms with E-state index in [1.807, 2.05) is 152 Å². The van der Waals surface area contributed by atoms with Crippen LogP contribution in [0.3, 0.4) is 0 Å². The fourth-order valence-corrected chi connectivity index (χ4v) is 11.9. The van der Waals surface area contributed by atoms with Crippen LogP contribution in [0, 0.1) is 5.41 Å². The highest BCUT2D eigenvalue weighted by molar-refractivity contribution is 8.00. The molecule has 0 spiro atoms. The molecule has 2 fully saturated rings. The number of imidazole rings is 1. The standard InChI is InChI=1S/C60H57N7O9S2/c1-57(2,3)75-54(72)58(4,5)76-65-48(44-33-77-56(62-44)64-60(40-25-15-8-16-26-40,41-27-17-9-18-28-41)42-29-19-10-20-30-42)51(70)63-49-52(71)67-35-59(36-78-53(49)67,34-66-37-61-43-31-46(68)47(69)32-45(43)66)55(73)74-50(38-21-11-6-12-22-38)39-23-13-7-14-24-39/h6-33,37,49-50,53,68-69H,34-36H2,1-5H3,(H,62,64)(H,63,70)/t49?,53-,59?/m1/s1. The number of thioether (sulfide) groups is 1. The number of hydrogen-bond donors (Lipinski definition) is 4. The van der Waals surface area contributed by atoms with Gasteiger partial charge in [-0.05, 0) is 62.4 Å². The molecule has 2 amide bonds. The number of aromatic hydroxyl groups is 2. The van der Waals surface area contributed by atoms with Crippen LogP contribution >= 0.6 is 23.1 Å². The Morgan fingerprint density at radius 2 is 1.32 bits per heavy atom. The molecule has 6 aromatic carbocycles. The number of phenolic OH excluding ortho intramolecular Hbond substituents is 2. The normalized spacial score (nSPS) is 17.7. The SMILES string of the molecule is CC(C)(C)OC(=O)C(C)(C)ON=C(C(=O)NC1C(=O)N2CC(Cn3cnc4cc(O)c(O)cc43)(C(=O)OC(c3ccccc3)c3ccccc3)CS[C@H]12)c1csc(NC(c2ccccc2)(c2ccccc2)c2ccccc2)n1. The van der Waals surface area contributed by atoms with Crippen LogP contribution in [-0.2, 0) is 45.6 Å². The maximum Gasteiger partial charge on any atom is 0.353 e. The number of oxime groups is 1. The number of ether oxygens (including phenoxy) is 2. The van der Waals surface area contributed by atoms with Crippen LogP contribution in [0.1, 0.15) is 74.2 Å². The smallest absolute Gasteiger partial charge is 0.353 e. The van der Waals surface area contributed by atoms with E-state index in [9.17, 15) is 24.6 Å². The number of fused-ring (bicyclic) bond motifs is 2. The second-order valence-corrected chi connectivity index (χ2v) is 22.7. The van der Waals surface area contributed by atoms with Gasteiger partial charge in [-0.3, -0.25) is 14.4 Å². The summed E-state index contributed by atoms with van der Waals surface area (Å²) in [6, 6.07) is 50.3. The number of nitrogens with one attached hydrogen (secondary N) is 2. The van der Waals surface area contributed by atoms with Crippen molar-refractivity contribution in [2.75, 3.05) is 17.6 Å². The summed E-state index contributed by atoms with van der Waals surface area (Å²) in [5.74, 6) is -3.15. The van der Waals surface area contributed by atoms with Gasteiger partial charge in [0.05, 0.1) is 17.4 Å². The lowest BCUT2D eigenvalue weighted by atomic mass is 9.77. The van der Waals surface area contributed by atoms with Crippen molar-refractivity contribution in [3.8, 4) is 11.5 Å². The van der Waals surface area contributed by atoms with Gasteiger partial charge in [-0.25, -0.2) is 14.8 Å². The van der Waals surface area contributed by atoms with E-state index in [0.29, 0.717) is 16.2 Å². The molecule has 78 heavy (non-hydrogen) atoms. The summed E-state index contributed by atoms with van der Waals surface area (Å²) in [6.45, 7) is 8.02. The first-order valence-electron chi connectivity index (χ1n) is 25.3. The van der Waals surface area contributed by atoms with Gasteiger partial charge in [0.1, 0.15) is 33.7 Å². The predicted molar refractivity (Wildman–Crippen MR) is 299 cm³/mol. The molecule has 2 unspecified atom stereocenters. The van der Waals surface area contributed by atoms with Crippen molar-refractivity contribution in [3.63, 3.8) is 0 Å². The fourth-order valence-electron chi connectivity index (χ4n) is 9.66. The second-order valence-electron chi connectivity index (χ2n) is 20.8. The van der Waals surface area contributed by atoms with Crippen molar-refractivity contribution in [1.82, 2.24) is 24.8 Å². The summed E-state index contributed by atoms with van der Waals surface area (Å²) in [4.78, 5) is 74.9. The molecule has 16 nitrogen and oxygen atoms in total. The maximum absolute atomic E-state index is 15.1. The zero-order valence-corrected chi connectivity index (χ0v) is 45.0. The molecule has 10 rings (SSSR count). The molecule has 4 N–H and O–H groups in total. The molecule has 3 atom stereocenters. The zero-order chi connectivity index (χ0) is 54.8. The quantitative estimate of drug-likeness (QED) is 0.0168. The third-order valence-electron chi connectivity index (χ3n) is 13.6. The monoisotopic (exact) mass is 1080 g/mol. The van der Waals surface area contributed by atoms with Crippen LogP contribution in [0.25, 0.3) is 11.0 Å². The number of β-lactam (4-membered cyclic amide) rings is 1. The van der Waals surface area contributed by atoms with Gasteiger partial charge in [-0.15, -0.1) is 23.1 Å². The molecule has 2 aliphatic rings. The molecule has 8 aromatic rings. The number of anilines is 1. The highest BCUT2D eigenvalue weighted by atomic mass is 32.2. The van der Waals surface area contributed by atoms with Crippen molar-refractivity contribution < 1.29 is 43.7 Å². The number of nitrogens with zero attached hydrogens (tertiary/aromatic N) is 5. The first kappa shape index (κ1) is 52.9. The average Bonchev–Trinajstić information content (AvgIpc) is 3.85. The molecule has 18 heteroatoms. The molecule has 2 saturated heterocycles. The number of carbonyl (C=O) groups excluding carboxylic acids is 4. The lowest BCUT2D eigenvalue weighted by Gasteiger charge is -2.54. The highest BCUT2D eigenvalue weighted by Crippen LogP contribution is 2.46. The molecule has 0 aliphatic carbocycles. The Labute approximate surface area is 459 Å². The lowest BCUT2D eigenvalue weighted by molar-refractivity contribution is -0.179. The van der Waals surface area contributed by atoms with Gasteiger partial charge >= 0.3 is 11.9 Å². The van der Waals surface area contributed by atoms with E-state index in [1.54, 1.807) is 35.6 Å². The Hall–Kier alpha value is -8.48. The summed E-state index contributed by atoms with van der Waals surface area (Å²) in [6.07, 6.45) is 0.715. The molecule has 0 radical (unpaired) electrons. The molecule has 2 aliphatic heterocycles. The van der Waals surface area contributed by atoms with E-state index in [0.717, 1.165) is 27.8 Å². The largest absolute Gasteiger partial charge is 0.504 e. The Morgan fingerprint density at radius 1 is 0.782 bits per heavy atom. The average molecular weight is 1080 g/mol. The van der Waals surface area contributed by atoms with Crippen LogP contribution in [0.2, 0.25) is 0 Å². The summed E-state index contributed by atoms with van der Waals surface area (Å²) >= 11 is 2.53. The number of phenols is 2. The van der Waals surface area contributed by atoms with Gasteiger partial charge in [-0.1, -0.05) is 157 Å². The number of aromatic nitrogens is 3. The van der Waals surface area contributed by atoms with E-state index >= 15 is 4.79 Å². The van der Waals surface area contributed by atoms with Crippen LogP contribution in [0.15, 0.2) is 181 Å². The summed E-state index contributed by atoms with van der Waals surface area (Å²) in [5.41, 5.74) is 0.00786. The molecule has 398 valence electrons. The van der Waals surface area contributed by atoms with Gasteiger partial charge in [0.25, 0.3) is 5.91 Å². The van der Waals surface area contributed by atoms with Gasteiger partial charge in [-0.2, -0.15) is 0 Å². The summed E-state index contributed by atoms with van der Waals surface area (Å²) in [7, 11) is 0. The third kappa shape index (κ3) is 10.6. The molecule has 0 bridgehead atoms. The Balaban J connectivity index is 0.962. The van der Waals surface area contributed by atoms with Crippen LogP contribution in [0.5, 0.6) is 11.5 Å². The first-order chi connectivity index (χ1) is 37.4. The molecular weight excluding hydrogens is 1030 g/mol. The Kier molecular flexibility index (Phi) is 14.6. The summed E-state index contributed by atoms with van der Waals surface area (Å²) < 4.78 is 13.9. The van der Waals surface area contributed by atoms with E-state index in [4.69, 9.17) is 19.3 Å². The zero-order valence-electron chi connectivity index (χ0n) is 43.4. The highest BCUT2D eigenvalue weighted by Gasteiger charge is 2.59. The van der Waals surface area contributed by atoms with Gasteiger partial charge in [0.2, 0.25) is 11.5 Å². The minimum atomic E-state index is -1.67. The molecular formula is C60H57N7O9S2. The number of esters is 2. The number of thiazole rings is 1. The molecule has 4 heterocycles. The van der Waals surface area contributed by atoms with Gasteiger partial charge in [0.15, 0.2) is 28.4 Å². The van der Waals surface area contributed by atoms with Crippen molar-refractivity contribution in [1.29, 1.82) is 0 Å². The Morgan fingerprint density at radius 3 is 1.87 bits per heavy atom. The van der Waals surface area contributed by atoms with E-state index < -0.39 is 63.4 Å². The van der Waals surface area contributed by atoms with Gasteiger partial charge in [0, 0.05) is 36.4 Å². The summed E-state index contributed by atoms with van der Waals surface area (Å²) in [5, 5.41) is 33.2. The lowest BCUT2D eigenvalue weighted by Crippen LogP contribution is -2.74. The van der Waals surface area contributed by atoms with Crippen LogP contribution < -0.4 is 10.6 Å². The Bertz CT molecular complexity index is 3360. The van der Waals surface area contributed by atoms with Crippen molar-refractivity contribution >= 4 is 68.7 Å². The van der Waals surface area contributed by atoms with Gasteiger partial charge < -0.3 is 44.6 Å². The predicted octanol–water partition coefficient (Wildman–Crippen LogP) is 9.57. The molecule has 0 saturated carbocycles. The van der Waals surface area contributed by atoms with Crippen molar-refractivity contribution in [2.24, 2.45) is 10.6 Å². The van der Waals surface area contributed by atoms with Crippen LogP contribution in [-0.4, -0.2) is 94.0 Å². The van der Waals surface area contributed by atoms with Crippen LogP contribution in [0.4, 0.5) is 5.13 Å². The van der Waals surface area contributed by atoms with Crippen molar-refractivity contribution in [3.05, 3.63) is 209 Å². The number of benzene rings is 6.